The molecule has 0 spiro atoms. The van der Waals surface area contributed by atoms with Crippen LogP contribution in [0, 0.1) is 11.3 Å². The van der Waals surface area contributed by atoms with Crippen LogP contribution < -0.4 is 21.5 Å². The Morgan fingerprint density at radius 3 is 2.59 bits per heavy atom. The van der Waals surface area contributed by atoms with E-state index < -0.39 is 33.3 Å². The van der Waals surface area contributed by atoms with E-state index in [4.69, 9.17) is 5.26 Å². The molecule has 1 atom stereocenters. The van der Waals surface area contributed by atoms with Gasteiger partial charge in [0.15, 0.2) is 9.84 Å². The molecule has 0 saturated heterocycles. The minimum atomic E-state index is -3.37. The lowest BCUT2D eigenvalue weighted by atomic mass is 9.77. The van der Waals surface area contributed by atoms with E-state index >= 15 is 0 Å². The summed E-state index contributed by atoms with van der Waals surface area (Å²) in [5, 5.41) is 18.4. The fraction of sp³-hybridized carbons (Fsp3) is 0.304. The molecule has 1 aromatic carbocycles. The monoisotopic (exact) mass is 481 g/mol. The Bertz CT molecular complexity index is 1440. The summed E-state index contributed by atoms with van der Waals surface area (Å²) in [6.45, 7) is 0. The van der Waals surface area contributed by atoms with Gasteiger partial charge >= 0.3 is 0 Å². The van der Waals surface area contributed by atoms with Crippen molar-refractivity contribution in [1.29, 1.82) is 5.26 Å². The zero-order valence-corrected chi connectivity index (χ0v) is 19.2. The molecule has 2 heterocycles. The van der Waals surface area contributed by atoms with Crippen molar-refractivity contribution < 1.29 is 18.0 Å². The summed E-state index contributed by atoms with van der Waals surface area (Å²) >= 11 is 0. The predicted molar refractivity (Wildman–Crippen MR) is 126 cm³/mol. The van der Waals surface area contributed by atoms with Gasteiger partial charge in [0.1, 0.15) is 11.4 Å². The lowest BCUT2D eigenvalue weighted by molar-refractivity contribution is 0.0943. The Balaban J connectivity index is 1.74. The van der Waals surface area contributed by atoms with Crippen molar-refractivity contribution in [3.8, 4) is 6.07 Å². The molecule has 1 saturated carbocycles. The van der Waals surface area contributed by atoms with E-state index in [0.717, 1.165) is 36.3 Å². The van der Waals surface area contributed by atoms with Crippen LogP contribution in [0.4, 0.5) is 0 Å². The normalized spacial score (nSPS) is 19.3. The smallest absolute Gasteiger partial charge is 0.261 e. The van der Waals surface area contributed by atoms with E-state index in [1.807, 2.05) is 12.1 Å². The van der Waals surface area contributed by atoms with Crippen molar-refractivity contribution in [2.24, 2.45) is 0 Å². The number of allylic oxidation sites excluding steroid dienone is 1. The summed E-state index contributed by atoms with van der Waals surface area (Å²) in [7, 11) is -1.80. The van der Waals surface area contributed by atoms with Crippen molar-refractivity contribution >= 4 is 32.6 Å². The first-order valence-corrected chi connectivity index (χ1v) is 12.4. The molecular weight excluding hydrogens is 458 g/mol. The Hall–Kier alpha value is -3.91. The predicted octanol–water partition coefficient (Wildman–Crippen LogP) is 1.15. The number of H-pyrrole nitrogens is 1. The highest BCUT2D eigenvalue weighted by molar-refractivity contribution is 7.94. The van der Waals surface area contributed by atoms with Crippen LogP contribution in [-0.2, 0) is 9.84 Å². The number of benzene rings is 1. The number of nitrogens with one attached hydrogen (secondary N) is 4. The first-order valence-electron chi connectivity index (χ1n) is 10.7. The average Bonchev–Trinajstić information content (AvgIpc) is 3.09. The molecular formula is C23H23N5O5S. The zero-order valence-electron chi connectivity index (χ0n) is 18.3. The highest BCUT2D eigenvalue weighted by Gasteiger charge is 2.28. The Labute approximate surface area is 195 Å². The number of pyridine rings is 1. The number of carbonyl (C=O) groups is 2. The first-order chi connectivity index (χ1) is 16.2. The van der Waals surface area contributed by atoms with E-state index in [-0.39, 0.29) is 28.6 Å². The van der Waals surface area contributed by atoms with Crippen LogP contribution in [0.1, 0.15) is 51.5 Å². The van der Waals surface area contributed by atoms with E-state index in [9.17, 15) is 22.8 Å². The van der Waals surface area contributed by atoms with Crippen molar-refractivity contribution in [3.63, 3.8) is 0 Å². The van der Waals surface area contributed by atoms with Crippen molar-refractivity contribution in [2.45, 2.75) is 31.2 Å². The fourth-order valence-corrected chi connectivity index (χ4v) is 5.33. The molecule has 1 fully saturated rings. The van der Waals surface area contributed by atoms with E-state index in [1.54, 1.807) is 13.1 Å². The average molecular weight is 482 g/mol. The minimum absolute atomic E-state index is 0.172. The van der Waals surface area contributed by atoms with E-state index in [0.29, 0.717) is 10.9 Å². The summed E-state index contributed by atoms with van der Waals surface area (Å²) in [5.41, 5.74) is 0.483. The zero-order chi connectivity index (χ0) is 24.5. The van der Waals surface area contributed by atoms with Crippen LogP contribution >= 0.6 is 0 Å². The number of nitriles is 1. The second kappa shape index (κ2) is 9.15. The maximum atomic E-state index is 13.2. The van der Waals surface area contributed by atoms with Crippen LogP contribution in [0.15, 0.2) is 46.4 Å². The molecule has 0 radical (unpaired) electrons. The van der Waals surface area contributed by atoms with E-state index in [1.165, 1.54) is 12.1 Å². The summed E-state index contributed by atoms with van der Waals surface area (Å²) in [6, 6.07) is 6.09. The molecule has 2 aromatic rings. The van der Waals surface area contributed by atoms with Gasteiger partial charge in [-0.05, 0) is 41.9 Å². The summed E-state index contributed by atoms with van der Waals surface area (Å²) < 4.78 is 23.2. The molecule has 0 unspecified atom stereocenters. The number of amides is 2. The number of sulfone groups is 1. The van der Waals surface area contributed by atoms with Gasteiger partial charge in [0.2, 0.25) is 0 Å². The van der Waals surface area contributed by atoms with Gasteiger partial charge in [0.05, 0.1) is 35.0 Å². The van der Waals surface area contributed by atoms with Gasteiger partial charge in [-0.1, -0.05) is 18.6 Å². The van der Waals surface area contributed by atoms with Crippen molar-refractivity contribution in [1.82, 2.24) is 20.9 Å². The number of fused-ring (bicyclic) bond motifs is 1. The summed E-state index contributed by atoms with van der Waals surface area (Å²) in [6.07, 6.45) is 5.40. The van der Waals surface area contributed by atoms with Crippen LogP contribution in [0.25, 0.3) is 10.9 Å². The minimum Gasteiger partial charge on any atom is -0.374 e. The fourth-order valence-electron chi connectivity index (χ4n) is 4.10. The van der Waals surface area contributed by atoms with E-state index in [2.05, 4.69) is 20.9 Å². The molecule has 0 bridgehead atoms. The van der Waals surface area contributed by atoms with Crippen LogP contribution in [0.5, 0.6) is 0 Å². The number of hydrogen-bond donors (Lipinski definition) is 4. The summed E-state index contributed by atoms with van der Waals surface area (Å²) in [5.74, 6) is -1.08. The van der Waals surface area contributed by atoms with Gasteiger partial charge < -0.3 is 20.9 Å². The molecule has 1 aliphatic carbocycles. The van der Waals surface area contributed by atoms with Gasteiger partial charge in [0.25, 0.3) is 17.4 Å². The third kappa shape index (κ3) is 4.58. The largest absolute Gasteiger partial charge is 0.374 e. The standard InChI is InChI=1S/C23H23N5O5S/c1-25-18(7-9-24)27-23(31)19-16(13-3-2-4-13)6-5-14-11-17(22(30)28-20(14)19)21(29)26-15-8-10-34(32,33)12-15/h5-8,10-11,13,15,25H,2-4,12H2,1H3,(H,26,29)(H,27,31)(H,28,30)/b18-7+/t15-/m1/s1. The summed E-state index contributed by atoms with van der Waals surface area (Å²) in [4.78, 5) is 41.4. The van der Waals surface area contributed by atoms with Gasteiger partial charge in [-0.25, -0.2) is 8.42 Å². The highest BCUT2D eigenvalue weighted by Crippen LogP contribution is 2.39. The molecule has 10 nitrogen and oxygen atoms in total. The number of carbonyl (C=O) groups excluding carboxylic acids is 2. The van der Waals surface area contributed by atoms with Gasteiger partial charge in [0, 0.05) is 12.5 Å². The lowest BCUT2D eigenvalue weighted by Crippen LogP contribution is -2.38. The molecule has 2 aliphatic rings. The van der Waals surface area contributed by atoms with Gasteiger partial charge in [-0.2, -0.15) is 5.26 Å². The van der Waals surface area contributed by atoms with Crippen LogP contribution in [0.2, 0.25) is 0 Å². The highest BCUT2D eigenvalue weighted by atomic mass is 32.2. The molecule has 176 valence electrons. The molecule has 4 rings (SSSR count). The Morgan fingerprint density at radius 1 is 1.24 bits per heavy atom. The number of aromatic nitrogens is 1. The lowest BCUT2D eigenvalue weighted by Gasteiger charge is -2.28. The number of hydrogen-bond acceptors (Lipinski definition) is 7. The topological polar surface area (TPSA) is 161 Å². The third-order valence-corrected chi connectivity index (χ3v) is 7.44. The molecule has 1 aromatic heterocycles. The molecule has 4 N–H and O–H groups in total. The number of aromatic amines is 1. The molecule has 34 heavy (non-hydrogen) atoms. The number of nitrogens with zero attached hydrogens (tertiary/aromatic N) is 1. The molecule has 11 heteroatoms. The molecule has 2 amide bonds. The molecule has 1 aliphatic heterocycles. The van der Waals surface area contributed by atoms with Crippen LogP contribution in [-0.4, -0.2) is 44.1 Å². The Kier molecular flexibility index (Phi) is 6.26. The third-order valence-electron chi connectivity index (χ3n) is 6.04. The maximum absolute atomic E-state index is 13.2. The second-order valence-electron chi connectivity index (χ2n) is 8.26. The second-order valence-corrected chi connectivity index (χ2v) is 10.2. The Morgan fingerprint density at radius 2 is 2.00 bits per heavy atom. The maximum Gasteiger partial charge on any atom is 0.261 e. The quantitative estimate of drug-likeness (QED) is 0.450. The number of rotatable bonds is 6. The SMILES string of the molecule is CN/C(=C\C#N)NC(=O)c1c(C2CCC2)ccc2cc(C(=O)N[C@@H]3C=CS(=O)(=O)C3)c(=O)[nH]c12. The first kappa shape index (κ1) is 23.3. The van der Waals surface area contributed by atoms with Crippen LogP contribution in [0.3, 0.4) is 0 Å². The van der Waals surface area contributed by atoms with Gasteiger partial charge in [-0.3, -0.25) is 14.4 Å². The van der Waals surface area contributed by atoms with Crippen molar-refractivity contribution in [2.75, 3.05) is 12.8 Å². The van der Waals surface area contributed by atoms with Gasteiger partial charge in [-0.15, -0.1) is 0 Å². The van der Waals surface area contributed by atoms with Crippen molar-refractivity contribution in [3.05, 3.63) is 68.6 Å².